The van der Waals surface area contributed by atoms with Crippen molar-refractivity contribution in [1.29, 1.82) is 0 Å². The zero-order valence-corrected chi connectivity index (χ0v) is 15.2. The number of nitro groups is 1. The predicted octanol–water partition coefficient (Wildman–Crippen LogP) is 3.55. The Morgan fingerprint density at radius 2 is 1.85 bits per heavy atom. The van der Waals surface area contributed by atoms with Gasteiger partial charge < -0.3 is 11.1 Å². The summed E-state index contributed by atoms with van der Waals surface area (Å²) in [7, 11) is 0. The SMILES string of the molecule is CC(C)c1ccc(NC(=O)CSc2ccc(C(N)=O)cc2[N+](=O)[O-])cc1. The quantitative estimate of drug-likeness (QED) is 0.437. The van der Waals surface area contributed by atoms with Gasteiger partial charge in [-0.1, -0.05) is 26.0 Å². The molecule has 0 unspecified atom stereocenters. The molecule has 2 aromatic carbocycles. The molecule has 0 saturated carbocycles. The van der Waals surface area contributed by atoms with Crippen LogP contribution in [-0.2, 0) is 4.79 Å². The predicted molar refractivity (Wildman–Crippen MR) is 101 cm³/mol. The van der Waals surface area contributed by atoms with E-state index in [0.717, 1.165) is 17.8 Å². The molecule has 26 heavy (non-hydrogen) atoms. The van der Waals surface area contributed by atoms with Crippen molar-refractivity contribution in [2.45, 2.75) is 24.7 Å². The Hall–Kier alpha value is -2.87. The van der Waals surface area contributed by atoms with E-state index in [1.54, 1.807) is 0 Å². The van der Waals surface area contributed by atoms with Crippen molar-refractivity contribution < 1.29 is 14.5 Å². The number of benzene rings is 2. The van der Waals surface area contributed by atoms with Gasteiger partial charge in [0.15, 0.2) is 0 Å². The van der Waals surface area contributed by atoms with Crippen molar-refractivity contribution in [1.82, 2.24) is 0 Å². The summed E-state index contributed by atoms with van der Waals surface area (Å²) in [6, 6.07) is 11.5. The first-order chi connectivity index (χ1) is 12.3. The van der Waals surface area contributed by atoms with Gasteiger partial charge in [0.1, 0.15) is 0 Å². The number of hydrogen-bond donors (Lipinski definition) is 2. The number of primary amides is 1. The number of nitro benzene ring substituents is 1. The van der Waals surface area contributed by atoms with E-state index >= 15 is 0 Å². The van der Waals surface area contributed by atoms with E-state index in [0.29, 0.717) is 16.5 Å². The molecule has 2 rings (SSSR count). The Morgan fingerprint density at radius 1 is 1.19 bits per heavy atom. The normalized spacial score (nSPS) is 10.6. The van der Waals surface area contributed by atoms with Gasteiger partial charge >= 0.3 is 0 Å². The minimum atomic E-state index is -0.743. The maximum atomic E-state index is 12.1. The maximum Gasteiger partial charge on any atom is 0.283 e. The average Bonchev–Trinajstić information content (AvgIpc) is 2.60. The Balaban J connectivity index is 2.02. The lowest BCUT2D eigenvalue weighted by Gasteiger charge is -2.09. The molecule has 0 aliphatic rings. The topological polar surface area (TPSA) is 115 Å². The summed E-state index contributed by atoms with van der Waals surface area (Å²) in [5, 5.41) is 13.9. The van der Waals surface area contributed by atoms with Gasteiger partial charge in [-0.2, -0.15) is 0 Å². The molecule has 2 amide bonds. The molecule has 0 aliphatic carbocycles. The highest BCUT2D eigenvalue weighted by Crippen LogP contribution is 2.30. The summed E-state index contributed by atoms with van der Waals surface area (Å²) in [5.74, 6) is -0.616. The Labute approximate surface area is 155 Å². The van der Waals surface area contributed by atoms with Gasteiger partial charge in [-0.3, -0.25) is 19.7 Å². The summed E-state index contributed by atoms with van der Waals surface area (Å²) in [5.41, 5.74) is 6.77. The van der Waals surface area contributed by atoms with Crippen LogP contribution in [0.3, 0.4) is 0 Å². The Morgan fingerprint density at radius 3 is 2.38 bits per heavy atom. The molecular weight excluding hydrogens is 354 g/mol. The molecule has 0 aliphatic heterocycles. The lowest BCUT2D eigenvalue weighted by molar-refractivity contribution is -0.387. The number of rotatable bonds is 7. The first-order valence-electron chi connectivity index (χ1n) is 7.88. The van der Waals surface area contributed by atoms with Gasteiger partial charge in [0.2, 0.25) is 11.8 Å². The Kier molecular flexibility index (Phi) is 6.35. The molecule has 0 heterocycles. The minimum absolute atomic E-state index is 0.00267. The van der Waals surface area contributed by atoms with Crippen molar-refractivity contribution >= 4 is 35.0 Å². The number of carbonyl (C=O) groups is 2. The number of carbonyl (C=O) groups excluding carboxylic acids is 2. The molecule has 0 bridgehead atoms. The van der Waals surface area contributed by atoms with Gasteiger partial charge in [0.25, 0.3) is 5.69 Å². The van der Waals surface area contributed by atoms with Crippen LogP contribution in [0.2, 0.25) is 0 Å². The van der Waals surface area contributed by atoms with Crippen LogP contribution in [0.25, 0.3) is 0 Å². The van der Waals surface area contributed by atoms with Crippen LogP contribution < -0.4 is 11.1 Å². The third kappa shape index (κ3) is 5.06. The molecule has 0 aromatic heterocycles. The van der Waals surface area contributed by atoms with Crippen molar-refractivity contribution in [3.05, 3.63) is 63.7 Å². The van der Waals surface area contributed by atoms with Crippen molar-refractivity contribution in [3.8, 4) is 0 Å². The highest BCUT2D eigenvalue weighted by molar-refractivity contribution is 8.00. The molecule has 0 atom stereocenters. The molecule has 0 saturated heterocycles. The number of nitrogens with two attached hydrogens (primary N) is 1. The summed E-state index contributed by atoms with van der Waals surface area (Å²) in [6.45, 7) is 4.17. The minimum Gasteiger partial charge on any atom is -0.366 e. The van der Waals surface area contributed by atoms with E-state index in [2.05, 4.69) is 19.2 Å². The fraction of sp³-hybridized carbons (Fsp3) is 0.222. The number of amides is 2. The molecule has 8 heteroatoms. The smallest absolute Gasteiger partial charge is 0.283 e. The number of nitrogens with zero attached hydrogens (tertiary/aromatic N) is 1. The second kappa shape index (κ2) is 8.48. The molecular formula is C18H19N3O4S. The number of hydrogen-bond acceptors (Lipinski definition) is 5. The largest absolute Gasteiger partial charge is 0.366 e. The van der Waals surface area contributed by atoms with E-state index in [-0.39, 0.29) is 22.9 Å². The Bertz CT molecular complexity index is 835. The molecule has 136 valence electrons. The summed E-state index contributed by atoms with van der Waals surface area (Å²) >= 11 is 1.03. The van der Waals surface area contributed by atoms with Crippen molar-refractivity contribution in [2.75, 3.05) is 11.1 Å². The number of anilines is 1. The van der Waals surface area contributed by atoms with Crippen LogP contribution >= 0.6 is 11.8 Å². The molecule has 0 spiro atoms. The summed E-state index contributed by atoms with van der Waals surface area (Å²) < 4.78 is 0. The van der Waals surface area contributed by atoms with Crippen molar-refractivity contribution in [2.24, 2.45) is 5.73 Å². The highest BCUT2D eigenvalue weighted by atomic mass is 32.2. The first-order valence-corrected chi connectivity index (χ1v) is 8.87. The van der Waals surface area contributed by atoms with Crippen LogP contribution in [0.15, 0.2) is 47.4 Å². The molecule has 7 nitrogen and oxygen atoms in total. The lowest BCUT2D eigenvalue weighted by atomic mass is 10.0. The van der Waals surface area contributed by atoms with Crippen molar-refractivity contribution in [3.63, 3.8) is 0 Å². The monoisotopic (exact) mass is 373 g/mol. The molecule has 0 radical (unpaired) electrons. The number of thioether (sulfide) groups is 1. The van der Waals surface area contributed by atoms with E-state index in [1.165, 1.54) is 17.7 Å². The highest BCUT2D eigenvalue weighted by Gasteiger charge is 2.18. The second-order valence-corrected chi connectivity index (χ2v) is 6.93. The second-order valence-electron chi connectivity index (χ2n) is 5.92. The third-order valence-corrected chi connectivity index (χ3v) is 4.72. The number of nitrogens with one attached hydrogen (secondary N) is 1. The van der Waals surface area contributed by atoms with E-state index in [9.17, 15) is 19.7 Å². The maximum absolute atomic E-state index is 12.1. The van der Waals surface area contributed by atoms with Crippen LogP contribution in [0, 0.1) is 10.1 Å². The summed E-state index contributed by atoms with van der Waals surface area (Å²) in [4.78, 5) is 34.1. The van der Waals surface area contributed by atoms with Gasteiger partial charge in [-0.05, 0) is 35.7 Å². The van der Waals surface area contributed by atoms with Crippen LogP contribution in [0.4, 0.5) is 11.4 Å². The van der Waals surface area contributed by atoms with Crippen LogP contribution in [0.1, 0.15) is 35.7 Å². The van der Waals surface area contributed by atoms with Gasteiger partial charge in [0.05, 0.1) is 15.6 Å². The van der Waals surface area contributed by atoms with Crippen LogP contribution in [0.5, 0.6) is 0 Å². The van der Waals surface area contributed by atoms with Gasteiger partial charge in [0, 0.05) is 17.3 Å². The molecule has 0 fully saturated rings. The first kappa shape index (κ1) is 19.5. The molecule has 3 N–H and O–H groups in total. The molecule has 2 aromatic rings. The fourth-order valence-corrected chi connectivity index (χ4v) is 3.03. The fourth-order valence-electron chi connectivity index (χ4n) is 2.23. The zero-order chi connectivity index (χ0) is 19.3. The van der Waals surface area contributed by atoms with Gasteiger partial charge in [-0.15, -0.1) is 11.8 Å². The van der Waals surface area contributed by atoms with E-state index in [1.807, 2.05) is 24.3 Å². The third-order valence-electron chi connectivity index (χ3n) is 3.66. The average molecular weight is 373 g/mol. The van der Waals surface area contributed by atoms with Gasteiger partial charge in [-0.25, -0.2) is 0 Å². The standard InChI is InChI=1S/C18H19N3O4S/c1-11(2)12-3-6-14(7-4-12)20-17(22)10-26-16-8-5-13(18(19)23)9-15(16)21(24)25/h3-9,11H,10H2,1-2H3,(H2,19,23)(H,20,22). The summed E-state index contributed by atoms with van der Waals surface area (Å²) in [6.07, 6.45) is 0. The zero-order valence-electron chi connectivity index (χ0n) is 14.4. The van der Waals surface area contributed by atoms with E-state index in [4.69, 9.17) is 5.73 Å². The van der Waals surface area contributed by atoms with Crippen LogP contribution in [-0.4, -0.2) is 22.5 Å². The van der Waals surface area contributed by atoms with E-state index < -0.39 is 10.8 Å². The lowest BCUT2D eigenvalue weighted by Crippen LogP contribution is -2.14.